The molecule has 1 aromatic carbocycles. The van der Waals surface area contributed by atoms with Crippen LogP contribution in [0.1, 0.15) is 17.8 Å². The van der Waals surface area contributed by atoms with E-state index in [1.165, 1.54) is 4.90 Å². The zero-order valence-corrected chi connectivity index (χ0v) is 13.2. The third kappa shape index (κ3) is 3.21. The number of halogens is 4. The number of hydrogen-bond donors (Lipinski definition) is 0. The van der Waals surface area contributed by atoms with Crippen LogP contribution in [0, 0.1) is 17.5 Å². The molecule has 0 aliphatic carbocycles. The fourth-order valence-electron chi connectivity index (χ4n) is 2.78. The molecule has 1 aliphatic heterocycles. The highest BCUT2D eigenvalue weighted by atomic mass is 35.5. The highest BCUT2D eigenvalue weighted by Crippen LogP contribution is 2.22. The van der Waals surface area contributed by atoms with E-state index < -0.39 is 23.4 Å². The number of fused-ring (bicyclic) bond motifs is 1. The van der Waals surface area contributed by atoms with Crippen molar-refractivity contribution in [2.45, 2.75) is 32.0 Å². The number of aromatic nitrogens is 4. The van der Waals surface area contributed by atoms with Gasteiger partial charge in [0.2, 0.25) is 5.91 Å². The van der Waals surface area contributed by atoms with Gasteiger partial charge in [-0.3, -0.25) is 4.79 Å². The van der Waals surface area contributed by atoms with Crippen LogP contribution in [-0.2, 0) is 24.3 Å². The molecule has 1 atom stereocenters. The molecule has 24 heavy (non-hydrogen) atoms. The molecular formula is C14H13ClF3N5O. The summed E-state index contributed by atoms with van der Waals surface area (Å²) in [6.07, 6.45) is 1.06. The van der Waals surface area contributed by atoms with Crippen molar-refractivity contribution in [3.8, 4) is 0 Å². The molecule has 1 amide bonds. The average molecular weight is 360 g/mol. The van der Waals surface area contributed by atoms with Crippen molar-refractivity contribution < 1.29 is 18.0 Å². The van der Waals surface area contributed by atoms with Crippen LogP contribution in [0.3, 0.4) is 0 Å². The zero-order chi connectivity index (χ0) is 17.3. The molecule has 10 heteroatoms. The number of rotatable bonds is 4. The summed E-state index contributed by atoms with van der Waals surface area (Å²) < 4.78 is 42.4. The summed E-state index contributed by atoms with van der Waals surface area (Å²) in [5.41, 5.74) is -0.377. The second-order valence-corrected chi connectivity index (χ2v) is 5.74. The van der Waals surface area contributed by atoms with Crippen molar-refractivity contribution in [1.82, 2.24) is 25.1 Å². The van der Waals surface area contributed by atoms with Crippen molar-refractivity contribution >= 4 is 17.5 Å². The lowest BCUT2D eigenvalue weighted by Gasteiger charge is -2.33. The van der Waals surface area contributed by atoms with E-state index in [-0.39, 0.29) is 24.0 Å². The Bertz CT molecular complexity index is 746. The first kappa shape index (κ1) is 16.7. The first-order chi connectivity index (χ1) is 11.5. The third-order valence-corrected chi connectivity index (χ3v) is 4.23. The Balaban J connectivity index is 1.87. The summed E-state index contributed by atoms with van der Waals surface area (Å²) in [5.74, 6) is -3.22. The molecule has 3 rings (SSSR count). The van der Waals surface area contributed by atoms with Gasteiger partial charge in [0.25, 0.3) is 0 Å². The predicted octanol–water partition coefficient (Wildman–Crippen LogP) is 1.67. The second kappa shape index (κ2) is 6.76. The standard InChI is InChI=1S/C14H13ClF3N5O/c15-5-14(24)22(7-10-11(17)3-8(16)4-12(10)18)9-1-2-13-19-20-21-23(13)6-9/h3-4,9H,1-2,5-7H2. The van der Waals surface area contributed by atoms with E-state index >= 15 is 0 Å². The quantitative estimate of drug-likeness (QED) is 0.779. The van der Waals surface area contributed by atoms with Crippen molar-refractivity contribution in [2.24, 2.45) is 0 Å². The normalized spacial score (nSPS) is 16.8. The Morgan fingerprint density at radius 2 is 2.04 bits per heavy atom. The largest absolute Gasteiger partial charge is 0.332 e. The number of benzene rings is 1. The number of amides is 1. The minimum atomic E-state index is -1.04. The maximum absolute atomic E-state index is 13.9. The van der Waals surface area contributed by atoms with Gasteiger partial charge >= 0.3 is 0 Å². The van der Waals surface area contributed by atoms with E-state index in [0.29, 0.717) is 37.3 Å². The van der Waals surface area contributed by atoms with Crippen LogP contribution in [0.4, 0.5) is 13.2 Å². The van der Waals surface area contributed by atoms with Crippen molar-refractivity contribution in [3.05, 3.63) is 41.0 Å². The van der Waals surface area contributed by atoms with E-state index in [4.69, 9.17) is 11.6 Å². The minimum absolute atomic E-state index is 0.301. The highest BCUT2D eigenvalue weighted by Gasteiger charge is 2.30. The third-order valence-electron chi connectivity index (χ3n) is 4.00. The molecule has 0 spiro atoms. The lowest BCUT2D eigenvalue weighted by atomic mass is 10.0. The van der Waals surface area contributed by atoms with Gasteiger partial charge in [-0.05, 0) is 16.8 Å². The number of aryl methyl sites for hydroxylation is 1. The monoisotopic (exact) mass is 359 g/mol. The smallest absolute Gasteiger partial charge is 0.238 e. The van der Waals surface area contributed by atoms with E-state index in [0.717, 1.165) is 0 Å². The molecule has 1 aliphatic rings. The Morgan fingerprint density at radius 3 is 2.71 bits per heavy atom. The number of tetrazole rings is 1. The molecule has 0 N–H and O–H groups in total. The van der Waals surface area contributed by atoms with E-state index in [1.807, 2.05) is 0 Å². The van der Waals surface area contributed by atoms with E-state index in [2.05, 4.69) is 15.5 Å². The molecule has 0 saturated heterocycles. The van der Waals surface area contributed by atoms with Crippen LogP contribution in [-0.4, -0.2) is 42.9 Å². The lowest BCUT2D eigenvalue weighted by Crippen LogP contribution is -2.45. The van der Waals surface area contributed by atoms with Gasteiger partial charge in [-0.25, -0.2) is 17.9 Å². The minimum Gasteiger partial charge on any atom is -0.332 e. The summed E-state index contributed by atoms with van der Waals surface area (Å²) in [6, 6.07) is 0.806. The van der Waals surface area contributed by atoms with Gasteiger partial charge in [-0.1, -0.05) is 0 Å². The molecule has 128 valence electrons. The first-order valence-electron chi connectivity index (χ1n) is 7.23. The van der Waals surface area contributed by atoms with Gasteiger partial charge in [0.15, 0.2) is 5.82 Å². The molecule has 0 radical (unpaired) electrons. The summed E-state index contributed by atoms with van der Waals surface area (Å²) in [7, 11) is 0. The maximum Gasteiger partial charge on any atom is 0.238 e. The molecule has 2 heterocycles. The Morgan fingerprint density at radius 1 is 1.33 bits per heavy atom. The Hall–Kier alpha value is -2.16. The topological polar surface area (TPSA) is 63.9 Å². The van der Waals surface area contributed by atoms with Crippen LogP contribution in [0.5, 0.6) is 0 Å². The van der Waals surface area contributed by atoms with E-state index in [1.54, 1.807) is 4.68 Å². The molecule has 2 aromatic rings. The van der Waals surface area contributed by atoms with Crippen LogP contribution in [0.25, 0.3) is 0 Å². The number of hydrogen-bond acceptors (Lipinski definition) is 4. The first-order valence-corrected chi connectivity index (χ1v) is 7.77. The summed E-state index contributed by atoms with van der Waals surface area (Å²) in [5, 5.41) is 11.2. The predicted molar refractivity (Wildman–Crippen MR) is 77.5 cm³/mol. The number of alkyl halides is 1. The summed E-state index contributed by atoms with van der Waals surface area (Å²) >= 11 is 5.63. The van der Waals surface area contributed by atoms with Gasteiger partial charge in [0.05, 0.1) is 19.1 Å². The Kier molecular flexibility index (Phi) is 4.70. The summed E-state index contributed by atoms with van der Waals surface area (Å²) in [4.78, 5) is 13.5. The number of carbonyl (C=O) groups excluding carboxylic acids is 1. The van der Waals surface area contributed by atoms with Crippen molar-refractivity contribution in [1.29, 1.82) is 0 Å². The van der Waals surface area contributed by atoms with Gasteiger partial charge in [-0.15, -0.1) is 16.7 Å². The van der Waals surface area contributed by atoms with Crippen LogP contribution in [0.2, 0.25) is 0 Å². The number of nitrogens with zero attached hydrogens (tertiary/aromatic N) is 5. The zero-order valence-electron chi connectivity index (χ0n) is 12.4. The van der Waals surface area contributed by atoms with Gasteiger partial charge in [0.1, 0.15) is 23.3 Å². The van der Waals surface area contributed by atoms with Gasteiger partial charge < -0.3 is 4.90 Å². The van der Waals surface area contributed by atoms with Crippen LogP contribution >= 0.6 is 11.6 Å². The molecule has 0 bridgehead atoms. The molecule has 0 saturated carbocycles. The van der Waals surface area contributed by atoms with Crippen LogP contribution in [0.15, 0.2) is 12.1 Å². The molecule has 0 fully saturated rings. The van der Waals surface area contributed by atoms with Crippen LogP contribution < -0.4 is 0 Å². The average Bonchev–Trinajstić information content (AvgIpc) is 3.01. The van der Waals surface area contributed by atoms with E-state index in [9.17, 15) is 18.0 Å². The second-order valence-electron chi connectivity index (χ2n) is 5.47. The fourth-order valence-corrected chi connectivity index (χ4v) is 2.93. The molecule has 1 aromatic heterocycles. The summed E-state index contributed by atoms with van der Waals surface area (Å²) in [6.45, 7) is -0.0407. The SMILES string of the molecule is O=C(CCl)N(Cc1c(F)cc(F)cc1F)C1CCc2nnnn2C1. The molecule has 6 nitrogen and oxygen atoms in total. The highest BCUT2D eigenvalue weighted by molar-refractivity contribution is 6.27. The lowest BCUT2D eigenvalue weighted by molar-refractivity contribution is -0.132. The Labute approximate surface area is 140 Å². The van der Waals surface area contributed by atoms with Crippen molar-refractivity contribution in [2.75, 3.05) is 5.88 Å². The number of carbonyl (C=O) groups is 1. The molecular weight excluding hydrogens is 347 g/mol. The van der Waals surface area contributed by atoms with Gasteiger partial charge in [-0.2, -0.15) is 0 Å². The maximum atomic E-state index is 13.9. The fraction of sp³-hybridized carbons (Fsp3) is 0.429. The molecule has 1 unspecified atom stereocenters. The van der Waals surface area contributed by atoms with Crippen molar-refractivity contribution in [3.63, 3.8) is 0 Å². The van der Waals surface area contributed by atoms with Gasteiger partial charge in [0, 0.05) is 24.1 Å².